The third-order valence-electron chi connectivity index (χ3n) is 2.55. The standard InChI is InChI=1S/C15H12ClNO/c1-11-5-6-15(13(7-11)9-16)18-14-4-2-3-12(8-14)10-17/h2-8H,9H2,1H3. The van der Waals surface area contributed by atoms with Gasteiger partial charge < -0.3 is 4.74 Å². The summed E-state index contributed by atoms with van der Waals surface area (Å²) in [4.78, 5) is 0. The Kier molecular flexibility index (Phi) is 3.86. The van der Waals surface area contributed by atoms with Crippen LogP contribution in [0, 0.1) is 18.3 Å². The third kappa shape index (κ3) is 2.82. The summed E-state index contributed by atoms with van der Waals surface area (Å²) >= 11 is 5.90. The molecular weight excluding hydrogens is 246 g/mol. The largest absolute Gasteiger partial charge is 0.457 e. The van der Waals surface area contributed by atoms with Crippen molar-refractivity contribution in [3.8, 4) is 17.6 Å². The van der Waals surface area contributed by atoms with E-state index >= 15 is 0 Å². The van der Waals surface area contributed by atoms with Crippen LogP contribution in [0.5, 0.6) is 11.5 Å². The van der Waals surface area contributed by atoms with Gasteiger partial charge in [-0.25, -0.2) is 0 Å². The highest BCUT2D eigenvalue weighted by Crippen LogP contribution is 2.27. The van der Waals surface area contributed by atoms with Crippen LogP contribution in [0.25, 0.3) is 0 Å². The Bertz CT molecular complexity index is 602. The topological polar surface area (TPSA) is 33.0 Å². The highest BCUT2D eigenvalue weighted by Gasteiger charge is 2.05. The van der Waals surface area contributed by atoms with Gasteiger partial charge in [0.2, 0.25) is 0 Å². The van der Waals surface area contributed by atoms with Crippen LogP contribution in [-0.4, -0.2) is 0 Å². The van der Waals surface area contributed by atoms with Gasteiger partial charge >= 0.3 is 0 Å². The van der Waals surface area contributed by atoms with Gasteiger partial charge in [0.25, 0.3) is 0 Å². The van der Waals surface area contributed by atoms with Crippen molar-refractivity contribution in [3.63, 3.8) is 0 Å². The highest BCUT2D eigenvalue weighted by molar-refractivity contribution is 6.17. The first-order valence-electron chi connectivity index (χ1n) is 5.56. The van der Waals surface area contributed by atoms with Crippen molar-refractivity contribution in [1.29, 1.82) is 5.26 Å². The van der Waals surface area contributed by atoms with E-state index in [2.05, 4.69) is 6.07 Å². The Morgan fingerprint density at radius 2 is 2.06 bits per heavy atom. The molecule has 0 saturated carbocycles. The number of rotatable bonds is 3. The smallest absolute Gasteiger partial charge is 0.131 e. The van der Waals surface area contributed by atoms with Crippen LogP contribution in [0.2, 0.25) is 0 Å². The normalized spacial score (nSPS) is 9.83. The quantitative estimate of drug-likeness (QED) is 0.764. The molecule has 0 unspecified atom stereocenters. The summed E-state index contributed by atoms with van der Waals surface area (Å²) in [7, 11) is 0. The SMILES string of the molecule is Cc1ccc(Oc2cccc(C#N)c2)c(CCl)c1. The summed E-state index contributed by atoms with van der Waals surface area (Å²) in [6.45, 7) is 2.01. The zero-order valence-corrected chi connectivity index (χ0v) is 10.7. The lowest BCUT2D eigenvalue weighted by Gasteiger charge is -2.10. The van der Waals surface area contributed by atoms with Crippen molar-refractivity contribution in [2.75, 3.05) is 0 Å². The first-order chi connectivity index (χ1) is 8.72. The molecule has 0 spiro atoms. The highest BCUT2D eigenvalue weighted by atomic mass is 35.5. The predicted molar refractivity (Wildman–Crippen MR) is 72.0 cm³/mol. The molecule has 3 heteroatoms. The molecule has 2 rings (SSSR count). The van der Waals surface area contributed by atoms with Gasteiger partial charge in [-0.15, -0.1) is 11.6 Å². The van der Waals surface area contributed by atoms with Crippen molar-refractivity contribution in [3.05, 3.63) is 59.2 Å². The van der Waals surface area contributed by atoms with Crippen LogP contribution in [-0.2, 0) is 5.88 Å². The molecule has 0 amide bonds. The van der Waals surface area contributed by atoms with Gasteiger partial charge in [0, 0.05) is 5.56 Å². The minimum absolute atomic E-state index is 0.398. The molecule has 0 saturated heterocycles. The first-order valence-corrected chi connectivity index (χ1v) is 6.10. The van der Waals surface area contributed by atoms with Crippen molar-refractivity contribution in [2.45, 2.75) is 12.8 Å². The van der Waals surface area contributed by atoms with Crippen molar-refractivity contribution >= 4 is 11.6 Å². The number of ether oxygens (including phenoxy) is 1. The molecular formula is C15H12ClNO. The molecule has 0 aliphatic rings. The van der Waals surface area contributed by atoms with Gasteiger partial charge in [0.05, 0.1) is 17.5 Å². The Balaban J connectivity index is 2.31. The number of halogens is 1. The van der Waals surface area contributed by atoms with Gasteiger partial charge in [-0.1, -0.05) is 23.8 Å². The molecule has 0 atom stereocenters. The number of benzene rings is 2. The molecule has 0 N–H and O–H groups in total. The lowest BCUT2D eigenvalue weighted by molar-refractivity contribution is 0.478. The van der Waals surface area contributed by atoms with Crippen molar-refractivity contribution in [2.24, 2.45) is 0 Å². The lowest BCUT2D eigenvalue weighted by Crippen LogP contribution is -1.91. The molecule has 2 aromatic rings. The van der Waals surface area contributed by atoms with E-state index < -0.39 is 0 Å². The monoisotopic (exact) mass is 257 g/mol. The number of nitriles is 1. The van der Waals surface area contributed by atoms with E-state index in [0.717, 1.165) is 16.9 Å². The number of hydrogen-bond donors (Lipinski definition) is 0. The average Bonchev–Trinajstić information content (AvgIpc) is 2.41. The van der Waals surface area contributed by atoms with E-state index in [4.69, 9.17) is 21.6 Å². The Morgan fingerprint density at radius 3 is 2.78 bits per heavy atom. The minimum atomic E-state index is 0.398. The summed E-state index contributed by atoms with van der Waals surface area (Å²) in [6.07, 6.45) is 0. The summed E-state index contributed by atoms with van der Waals surface area (Å²) < 4.78 is 5.76. The first kappa shape index (κ1) is 12.5. The zero-order chi connectivity index (χ0) is 13.0. The van der Waals surface area contributed by atoms with Crippen LogP contribution in [0.15, 0.2) is 42.5 Å². The van der Waals surface area contributed by atoms with E-state index in [9.17, 15) is 0 Å². The van der Waals surface area contributed by atoms with Gasteiger partial charge in [0.15, 0.2) is 0 Å². The molecule has 18 heavy (non-hydrogen) atoms. The van der Waals surface area contributed by atoms with Gasteiger partial charge in [0.1, 0.15) is 11.5 Å². The minimum Gasteiger partial charge on any atom is -0.457 e. The number of alkyl halides is 1. The van der Waals surface area contributed by atoms with Crippen LogP contribution in [0.3, 0.4) is 0 Å². The second-order valence-electron chi connectivity index (χ2n) is 3.99. The van der Waals surface area contributed by atoms with Crippen molar-refractivity contribution < 1.29 is 4.74 Å². The summed E-state index contributed by atoms with van der Waals surface area (Å²) in [6, 6.07) is 15.0. The molecule has 0 aliphatic carbocycles. The Labute approximate surface area is 111 Å². The van der Waals surface area contributed by atoms with Crippen LogP contribution >= 0.6 is 11.6 Å². The molecule has 0 radical (unpaired) electrons. The van der Waals surface area contributed by atoms with E-state index in [0.29, 0.717) is 17.2 Å². The van der Waals surface area contributed by atoms with Gasteiger partial charge in [-0.3, -0.25) is 0 Å². The summed E-state index contributed by atoms with van der Waals surface area (Å²) in [5.74, 6) is 1.77. The molecule has 0 bridgehead atoms. The van der Waals surface area contributed by atoms with E-state index in [1.54, 1.807) is 18.2 Å². The van der Waals surface area contributed by atoms with Crippen LogP contribution < -0.4 is 4.74 Å². The van der Waals surface area contributed by atoms with Crippen LogP contribution in [0.1, 0.15) is 16.7 Å². The number of aryl methyl sites for hydroxylation is 1. The number of nitrogens with zero attached hydrogens (tertiary/aromatic N) is 1. The number of hydrogen-bond acceptors (Lipinski definition) is 2. The van der Waals surface area contributed by atoms with Gasteiger partial charge in [-0.2, -0.15) is 5.26 Å². The maximum atomic E-state index is 8.84. The molecule has 2 nitrogen and oxygen atoms in total. The molecule has 0 aliphatic heterocycles. The average molecular weight is 258 g/mol. The fourth-order valence-electron chi connectivity index (χ4n) is 1.67. The molecule has 90 valence electrons. The third-order valence-corrected chi connectivity index (χ3v) is 2.84. The van der Waals surface area contributed by atoms with Crippen LogP contribution in [0.4, 0.5) is 0 Å². The molecule has 0 aromatic heterocycles. The maximum Gasteiger partial charge on any atom is 0.131 e. The molecule has 0 heterocycles. The van der Waals surface area contributed by atoms with E-state index in [1.807, 2.05) is 31.2 Å². The summed E-state index contributed by atoms with van der Waals surface area (Å²) in [5, 5.41) is 8.84. The second-order valence-corrected chi connectivity index (χ2v) is 4.25. The Morgan fingerprint density at radius 1 is 1.22 bits per heavy atom. The zero-order valence-electron chi connectivity index (χ0n) is 9.98. The fraction of sp³-hybridized carbons (Fsp3) is 0.133. The van der Waals surface area contributed by atoms with E-state index in [-0.39, 0.29) is 0 Å². The van der Waals surface area contributed by atoms with Crippen molar-refractivity contribution in [1.82, 2.24) is 0 Å². The van der Waals surface area contributed by atoms with Gasteiger partial charge in [-0.05, 0) is 31.2 Å². The van der Waals surface area contributed by atoms with E-state index in [1.165, 1.54) is 0 Å². The lowest BCUT2D eigenvalue weighted by atomic mass is 10.1. The molecule has 0 fully saturated rings. The Hall–Kier alpha value is -1.98. The second kappa shape index (κ2) is 5.57. The maximum absolute atomic E-state index is 8.84. The fourth-order valence-corrected chi connectivity index (χ4v) is 1.88. The summed E-state index contributed by atoms with van der Waals surface area (Å²) in [5.41, 5.74) is 2.66. The molecule has 2 aromatic carbocycles. The predicted octanol–water partition coefficient (Wildman–Crippen LogP) is 4.40.